The van der Waals surface area contributed by atoms with E-state index in [4.69, 9.17) is 10.5 Å². The highest BCUT2D eigenvalue weighted by atomic mass is 16.5. The third kappa shape index (κ3) is 5.03. The van der Waals surface area contributed by atoms with Crippen molar-refractivity contribution in [3.8, 4) is 5.75 Å². The molecule has 1 saturated carbocycles. The molecule has 1 atom stereocenters. The molecule has 0 spiro atoms. The Bertz CT molecular complexity index is 393. The monoisotopic (exact) mass is 289 g/mol. The number of hydrogen-bond acceptors (Lipinski definition) is 2. The molecular weight excluding hydrogens is 258 g/mol. The van der Waals surface area contributed by atoms with Crippen LogP contribution in [0.1, 0.15) is 57.4 Å². The van der Waals surface area contributed by atoms with Crippen molar-refractivity contribution in [3.63, 3.8) is 0 Å². The molecule has 0 heterocycles. The van der Waals surface area contributed by atoms with Crippen LogP contribution in [0, 0.1) is 11.8 Å². The van der Waals surface area contributed by atoms with Gasteiger partial charge in [-0.1, -0.05) is 44.7 Å². The van der Waals surface area contributed by atoms with Gasteiger partial charge in [-0.15, -0.1) is 0 Å². The Morgan fingerprint density at radius 1 is 1.14 bits per heavy atom. The first kappa shape index (κ1) is 16.4. The molecule has 2 nitrogen and oxygen atoms in total. The van der Waals surface area contributed by atoms with E-state index in [0.717, 1.165) is 30.4 Å². The van der Waals surface area contributed by atoms with Gasteiger partial charge in [0.15, 0.2) is 0 Å². The summed E-state index contributed by atoms with van der Waals surface area (Å²) in [4.78, 5) is 0. The number of nitrogens with two attached hydrogens (primary N) is 1. The lowest BCUT2D eigenvalue weighted by Gasteiger charge is -2.32. The third-order valence-corrected chi connectivity index (χ3v) is 5.12. The van der Waals surface area contributed by atoms with Crippen LogP contribution < -0.4 is 10.5 Å². The van der Waals surface area contributed by atoms with Gasteiger partial charge >= 0.3 is 0 Å². The molecule has 2 heteroatoms. The predicted octanol–water partition coefficient (Wildman–Crippen LogP) is 4.56. The fraction of sp³-hybridized carbons (Fsp3) is 0.684. The molecule has 0 saturated heterocycles. The fourth-order valence-electron chi connectivity index (χ4n) is 3.67. The van der Waals surface area contributed by atoms with E-state index in [0.29, 0.717) is 6.04 Å². The van der Waals surface area contributed by atoms with Gasteiger partial charge in [-0.3, -0.25) is 0 Å². The molecule has 0 radical (unpaired) electrons. The minimum atomic E-state index is 0.370. The second-order valence-corrected chi connectivity index (χ2v) is 6.62. The smallest absolute Gasteiger partial charge is 0.118 e. The number of benzene rings is 1. The van der Waals surface area contributed by atoms with Crippen molar-refractivity contribution >= 4 is 0 Å². The maximum absolute atomic E-state index is 6.45. The van der Waals surface area contributed by atoms with E-state index in [2.05, 4.69) is 19.1 Å². The summed E-state index contributed by atoms with van der Waals surface area (Å²) in [5.41, 5.74) is 7.81. The summed E-state index contributed by atoms with van der Waals surface area (Å²) < 4.78 is 5.20. The number of ether oxygens (including phenoxy) is 1. The third-order valence-electron chi connectivity index (χ3n) is 5.12. The standard InChI is InChI=1S/C19H31NO/c1-3-4-15-5-10-17(11-6-15)19(20)14-9-16-7-12-18(21-2)13-8-16/h7-8,12-13,15,17,19H,3-6,9-11,14,20H2,1-2H3. The van der Waals surface area contributed by atoms with Crippen LogP contribution in [0.25, 0.3) is 0 Å². The van der Waals surface area contributed by atoms with E-state index in [-0.39, 0.29) is 0 Å². The molecule has 1 aromatic rings. The molecule has 2 N–H and O–H groups in total. The Balaban J connectivity index is 1.73. The molecule has 1 fully saturated rings. The first-order valence-electron chi connectivity index (χ1n) is 8.61. The number of rotatable bonds is 7. The molecule has 1 aromatic carbocycles. The van der Waals surface area contributed by atoms with Crippen molar-refractivity contribution in [2.75, 3.05) is 7.11 Å². The van der Waals surface area contributed by atoms with Gasteiger partial charge in [-0.2, -0.15) is 0 Å². The predicted molar refractivity (Wildman–Crippen MR) is 89.6 cm³/mol. The topological polar surface area (TPSA) is 35.2 Å². The van der Waals surface area contributed by atoms with E-state index >= 15 is 0 Å². The molecule has 0 aromatic heterocycles. The zero-order chi connectivity index (χ0) is 15.1. The highest BCUT2D eigenvalue weighted by Gasteiger charge is 2.24. The van der Waals surface area contributed by atoms with Gasteiger partial charge in [-0.05, 0) is 55.2 Å². The molecule has 1 aliphatic carbocycles. The maximum atomic E-state index is 6.45. The molecule has 1 unspecified atom stereocenters. The zero-order valence-electron chi connectivity index (χ0n) is 13.7. The van der Waals surface area contributed by atoms with Crippen molar-refractivity contribution in [2.45, 2.75) is 64.3 Å². The Hall–Kier alpha value is -1.02. The van der Waals surface area contributed by atoms with Gasteiger partial charge in [0.1, 0.15) is 5.75 Å². The first-order valence-corrected chi connectivity index (χ1v) is 8.61. The molecule has 0 aliphatic heterocycles. The summed E-state index contributed by atoms with van der Waals surface area (Å²) in [6.45, 7) is 2.30. The summed E-state index contributed by atoms with van der Waals surface area (Å²) >= 11 is 0. The van der Waals surface area contributed by atoms with Gasteiger partial charge in [0.2, 0.25) is 0 Å². The molecule has 21 heavy (non-hydrogen) atoms. The zero-order valence-corrected chi connectivity index (χ0v) is 13.7. The van der Waals surface area contributed by atoms with Crippen LogP contribution in [0.2, 0.25) is 0 Å². The van der Waals surface area contributed by atoms with Crippen LogP contribution in [0.4, 0.5) is 0 Å². The van der Waals surface area contributed by atoms with E-state index < -0.39 is 0 Å². The highest BCUT2D eigenvalue weighted by Crippen LogP contribution is 2.33. The summed E-state index contributed by atoms with van der Waals surface area (Å²) in [6, 6.07) is 8.76. The van der Waals surface area contributed by atoms with Crippen LogP contribution in [0.15, 0.2) is 24.3 Å². The summed E-state index contributed by atoms with van der Waals surface area (Å²) in [5, 5.41) is 0. The van der Waals surface area contributed by atoms with E-state index in [1.54, 1.807) is 7.11 Å². The average molecular weight is 289 g/mol. The Morgan fingerprint density at radius 2 is 1.81 bits per heavy atom. The second kappa shape index (κ2) is 8.43. The van der Waals surface area contributed by atoms with E-state index in [1.165, 1.54) is 44.1 Å². The lowest BCUT2D eigenvalue weighted by Crippen LogP contribution is -2.33. The summed E-state index contributed by atoms with van der Waals surface area (Å²) in [6.07, 6.45) is 10.4. The normalized spacial score (nSPS) is 23.8. The van der Waals surface area contributed by atoms with Gasteiger partial charge < -0.3 is 10.5 Å². The Morgan fingerprint density at radius 3 is 2.38 bits per heavy atom. The number of methoxy groups -OCH3 is 1. The van der Waals surface area contributed by atoms with Crippen molar-refractivity contribution in [3.05, 3.63) is 29.8 Å². The van der Waals surface area contributed by atoms with Crippen molar-refractivity contribution < 1.29 is 4.74 Å². The lowest BCUT2D eigenvalue weighted by atomic mass is 9.76. The number of aryl methyl sites for hydroxylation is 1. The van der Waals surface area contributed by atoms with Crippen LogP contribution >= 0.6 is 0 Å². The minimum absolute atomic E-state index is 0.370. The van der Waals surface area contributed by atoms with Crippen LogP contribution in [0.5, 0.6) is 5.75 Å². The van der Waals surface area contributed by atoms with E-state index in [1.807, 2.05) is 12.1 Å². The van der Waals surface area contributed by atoms with Gasteiger partial charge in [0.25, 0.3) is 0 Å². The van der Waals surface area contributed by atoms with Gasteiger partial charge in [0, 0.05) is 6.04 Å². The Kier molecular flexibility index (Phi) is 6.56. The minimum Gasteiger partial charge on any atom is -0.497 e. The van der Waals surface area contributed by atoms with Crippen molar-refractivity contribution in [1.82, 2.24) is 0 Å². The highest BCUT2D eigenvalue weighted by molar-refractivity contribution is 5.27. The molecule has 0 amide bonds. The van der Waals surface area contributed by atoms with Crippen LogP contribution in [-0.4, -0.2) is 13.2 Å². The van der Waals surface area contributed by atoms with Crippen molar-refractivity contribution in [1.29, 1.82) is 0 Å². The number of hydrogen-bond donors (Lipinski definition) is 1. The quantitative estimate of drug-likeness (QED) is 0.798. The molecular formula is C19H31NO. The Labute approximate surface area is 130 Å². The molecule has 2 rings (SSSR count). The van der Waals surface area contributed by atoms with Crippen molar-refractivity contribution in [2.24, 2.45) is 17.6 Å². The molecule has 118 valence electrons. The molecule has 0 bridgehead atoms. The average Bonchev–Trinajstić information content (AvgIpc) is 2.54. The van der Waals surface area contributed by atoms with E-state index in [9.17, 15) is 0 Å². The second-order valence-electron chi connectivity index (χ2n) is 6.62. The maximum Gasteiger partial charge on any atom is 0.118 e. The summed E-state index contributed by atoms with van der Waals surface area (Å²) in [5.74, 6) is 2.65. The lowest BCUT2D eigenvalue weighted by molar-refractivity contribution is 0.228. The largest absolute Gasteiger partial charge is 0.497 e. The van der Waals surface area contributed by atoms with Crippen LogP contribution in [-0.2, 0) is 6.42 Å². The van der Waals surface area contributed by atoms with Crippen LogP contribution in [0.3, 0.4) is 0 Å². The van der Waals surface area contributed by atoms with Gasteiger partial charge in [-0.25, -0.2) is 0 Å². The SMILES string of the molecule is CCCC1CCC(C(N)CCc2ccc(OC)cc2)CC1. The summed E-state index contributed by atoms with van der Waals surface area (Å²) in [7, 11) is 1.71. The molecule has 1 aliphatic rings. The van der Waals surface area contributed by atoms with Gasteiger partial charge in [0.05, 0.1) is 7.11 Å². The first-order chi connectivity index (χ1) is 10.2. The fourth-order valence-corrected chi connectivity index (χ4v) is 3.67.